The van der Waals surface area contributed by atoms with Gasteiger partial charge in [0, 0.05) is 5.92 Å². The lowest BCUT2D eigenvalue weighted by Crippen LogP contribution is -1.98. The summed E-state index contributed by atoms with van der Waals surface area (Å²) in [6, 6.07) is 17.5. The maximum absolute atomic E-state index is 2.33. The van der Waals surface area contributed by atoms with E-state index in [0.717, 1.165) is 6.42 Å². The summed E-state index contributed by atoms with van der Waals surface area (Å²) in [6.07, 6.45) is 4.67. The van der Waals surface area contributed by atoms with Crippen molar-refractivity contribution in [3.63, 3.8) is 0 Å². The van der Waals surface area contributed by atoms with E-state index in [4.69, 9.17) is 0 Å². The van der Waals surface area contributed by atoms with E-state index in [9.17, 15) is 0 Å². The Morgan fingerprint density at radius 1 is 0.842 bits per heavy atom. The fraction of sp³-hybridized carbons (Fsp3) is 0.211. The van der Waals surface area contributed by atoms with Gasteiger partial charge < -0.3 is 0 Å². The van der Waals surface area contributed by atoms with Crippen LogP contribution < -0.4 is 0 Å². The monoisotopic (exact) mass is 247 g/mol. The van der Waals surface area contributed by atoms with Gasteiger partial charge in [0.25, 0.3) is 0 Å². The van der Waals surface area contributed by atoms with Crippen molar-refractivity contribution in [3.8, 4) is 0 Å². The second-order valence-electron chi connectivity index (χ2n) is 5.18. The van der Waals surface area contributed by atoms with Crippen molar-refractivity contribution >= 4 is 11.6 Å². The number of allylic oxidation sites excluding steroid dienone is 1. The molecule has 0 aromatic heterocycles. The zero-order chi connectivity index (χ0) is 13.2. The first-order valence-electron chi connectivity index (χ1n) is 7.04. The van der Waals surface area contributed by atoms with Crippen LogP contribution in [0.25, 0.3) is 11.6 Å². The molecule has 0 bridgehead atoms. The average molecular weight is 247 g/mol. The smallest absolute Gasteiger partial charge is 0.0321 e. The average Bonchev–Trinajstić information content (AvgIpc) is 2.78. The number of aryl methyl sites for hydroxylation is 1. The van der Waals surface area contributed by atoms with Crippen LogP contribution in [0.3, 0.4) is 0 Å². The molecule has 0 saturated carbocycles. The lowest BCUT2D eigenvalue weighted by atomic mass is 9.89. The van der Waals surface area contributed by atoms with Gasteiger partial charge in [-0.2, -0.15) is 0 Å². The highest BCUT2D eigenvalue weighted by Crippen LogP contribution is 2.41. The van der Waals surface area contributed by atoms with Crippen LogP contribution in [-0.4, -0.2) is 0 Å². The Morgan fingerprint density at radius 3 is 2.26 bits per heavy atom. The van der Waals surface area contributed by atoms with Crippen LogP contribution in [0, 0.1) is 5.92 Å². The van der Waals surface area contributed by atoms with E-state index >= 15 is 0 Å². The topological polar surface area (TPSA) is 0 Å². The van der Waals surface area contributed by atoms with Crippen molar-refractivity contribution in [1.82, 2.24) is 0 Å². The fourth-order valence-electron chi connectivity index (χ4n) is 2.92. The Bertz CT molecular complexity index is 619. The molecule has 3 rings (SSSR count). The van der Waals surface area contributed by atoms with Crippen molar-refractivity contribution in [2.75, 3.05) is 0 Å². The number of rotatable bonds is 3. The minimum atomic E-state index is 1.15. The van der Waals surface area contributed by atoms with Crippen molar-refractivity contribution in [2.45, 2.75) is 26.7 Å². The molecule has 2 aromatic carbocycles. The highest BCUT2D eigenvalue weighted by Gasteiger charge is 2.23. The van der Waals surface area contributed by atoms with Gasteiger partial charge in [-0.05, 0) is 40.3 Å². The molecule has 1 radical (unpaired) electrons. The zero-order valence-electron chi connectivity index (χ0n) is 11.6. The van der Waals surface area contributed by atoms with Crippen molar-refractivity contribution in [3.05, 3.63) is 76.7 Å². The maximum Gasteiger partial charge on any atom is 0.0321 e. The van der Waals surface area contributed by atoms with Gasteiger partial charge in [-0.25, -0.2) is 0 Å². The third-order valence-corrected chi connectivity index (χ3v) is 3.90. The molecular formula is C19H19. The highest BCUT2D eigenvalue weighted by atomic mass is 14.3. The molecule has 0 aliphatic heterocycles. The summed E-state index contributed by atoms with van der Waals surface area (Å²) in [5.74, 6) is 1.40. The Kier molecular flexibility index (Phi) is 3.25. The number of hydrogen-bond donors (Lipinski definition) is 0. The molecule has 1 aliphatic rings. The van der Waals surface area contributed by atoms with Gasteiger partial charge in [-0.3, -0.25) is 0 Å². The molecule has 0 unspecified atom stereocenters. The standard InChI is InChI=1S/C19H19/c1-3-8-15-9-4-7-12-18(15)19-13-16-10-5-6-11-17(16)14(19)2/h4-7,9-13H,3,8H2,1-2H3. The van der Waals surface area contributed by atoms with Crippen molar-refractivity contribution in [2.24, 2.45) is 0 Å². The lowest BCUT2D eigenvalue weighted by molar-refractivity contribution is 0.918. The van der Waals surface area contributed by atoms with Gasteiger partial charge >= 0.3 is 0 Å². The van der Waals surface area contributed by atoms with Gasteiger partial charge in [0.2, 0.25) is 0 Å². The van der Waals surface area contributed by atoms with Crippen LogP contribution in [0.5, 0.6) is 0 Å². The van der Waals surface area contributed by atoms with Crippen molar-refractivity contribution in [1.29, 1.82) is 0 Å². The normalized spacial score (nSPS) is 14.3. The third kappa shape index (κ3) is 2.12. The highest BCUT2D eigenvalue weighted by molar-refractivity contribution is 5.98. The summed E-state index contributed by atoms with van der Waals surface area (Å²) in [4.78, 5) is 0. The summed E-state index contributed by atoms with van der Waals surface area (Å²) < 4.78 is 0. The molecule has 0 N–H and O–H groups in total. The molecule has 0 heteroatoms. The van der Waals surface area contributed by atoms with E-state index in [-0.39, 0.29) is 0 Å². The minimum absolute atomic E-state index is 1.15. The maximum atomic E-state index is 2.33. The molecule has 0 amide bonds. The second kappa shape index (κ2) is 5.05. The molecule has 0 spiro atoms. The molecule has 19 heavy (non-hydrogen) atoms. The summed E-state index contributed by atoms with van der Waals surface area (Å²) in [5, 5.41) is 0. The largest absolute Gasteiger partial charge is 0.0651 e. The van der Waals surface area contributed by atoms with Gasteiger partial charge in [0.05, 0.1) is 0 Å². The summed E-state index contributed by atoms with van der Waals surface area (Å²) in [5.41, 5.74) is 6.98. The molecule has 0 nitrogen and oxygen atoms in total. The Hall–Kier alpha value is -1.82. The predicted octanol–water partition coefficient (Wildman–Crippen LogP) is 5.14. The van der Waals surface area contributed by atoms with E-state index in [1.54, 1.807) is 0 Å². The molecule has 0 atom stereocenters. The van der Waals surface area contributed by atoms with E-state index in [1.165, 1.54) is 40.2 Å². The van der Waals surface area contributed by atoms with Gasteiger partial charge in [-0.15, -0.1) is 0 Å². The van der Waals surface area contributed by atoms with Crippen LogP contribution in [-0.2, 0) is 6.42 Å². The fourth-order valence-corrected chi connectivity index (χ4v) is 2.92. The van der Waals surface area contributed by atoms with E-state index in [2.05, 4.69) is 68.5 Å². The lowest BCUT2D eigenvalue weighted by Gasteiger charge is -2.14. The van der Waals surface area contributed by atoms with Crippen LogP contribution in [0.15, 0.2) is 48.5 Å². The molecule has 0 saturated heterocycles. The first kappa shape index (κ1) is 12.2. The third-order valence-electron chi connectivity index (χ3n) is 3.90. The predicted molar refractivity (Wildman–Crippen MR) is 82.8 cm³/mol. The molecule has 95 valence electrons. The Balaban J connectivity index is 2.06. The summed E-state index contributed by atoms with van der Waals surface area (Å²) in [6.45, 7) is 4.48. The molecule has 0 fully saturated rings. The van der Waals surface area contributed by atoms with Crippen LogP contribution >= 0.6 is 0 Å². The second-order valence-corrected chi connectivity index (χ2v) is 5.18. The number of fused-ring (bicyclic) bond motifs is 1. The molecule has 2 aromatic rings. The van der Waals surface area contributed by atoms with Crippen molar-refractivity contribution < 1.29 is 0 Å². The molecular weight excluding hydrogens is 228 g/mol. The van der Waals surface area contributed by atoms with E-state index < -0.39 is 0 Å². The van der Waals surface area contributed by atoms with Crippen LogP contribution in [0.4, 0.5) is 0 Å². The molecule has 0 heterocycles. The Morgan fingerprint density at radius 2 is 1.53 bits per heavy atom. The summed E-state index contributed by atoms with van der Waals surface area (Å²) in [7, 11) is 0. The van der Waals surface area contributed by atoms with Gasteiger partial charge in [0.15, 0.2) is 0 Å². The summed E-state index contributed by atoms with van der Waals surface area (Å²) >= 11 is 0. The van der Waals surface area contributed by atoms with Crippen LogP contribution in [0.2, 0.25) is 0 Å². The zero-order valence-corrected chi connectivity index (χ0v) is 11.6. The van der Waals surface area contributed by atoms with E-state index in [0.29, 0.717) is 0 Å². The Labute approximate surface area is 115 Å². The van der Waals surface area contributed by atoms with Gasteiger partial charge in [0.1, 0.15) is 0 Å². The minimum Gasteiger partial charge on any atom is -0.0651 e. The first-order valence-corrected chi connectivity index (χ1v) is 7.04. The SMILES string of the molecule is CCCc1ccccc1C1=Cc2ccccc2[C]1C. The number of benzene rings is 2. The molecule has 1 aliphatic carbocycles. The number of hydrogen-bond acceptors (Lipinski definition) is 0. The van der Waals surface area contributed by atoms with Gasteiger partial charge in [-0.1, -0.05) is 68.8 Å². The van der Waals surface area contributed by atoms with E-state index in [1.807, 2.05) is 0 Å². The van der Waals surface area contributed by atoms with Crippen LogP contribution in [0.1, 0.15) is 42.5 Å². The first-order chi connectivity index (χ1) is 9.31. The quantitative estimate of drug-likeness (QED) is 0.704.